The van der Waals surface area contributed by atoms with Crippen LogP contribution in [0.1, 0.15) is 52.4 Å². The third-order valence-electron chi connectivity index (χ3n) is 3.35. The molecule has 0 aliphatic heterocycles. The highest BCUT2D eigenvalue weighted by Crippen LogP contribution is 2.38. The number of allylic oxidation sites excluding steroid dienone is 2. The molecule has 0 aromatic carbocycles. The minimum Gasteiger partial charge on any atom is -0.330 e. The molecule has 0 radical (unpaired) electrons. The Morgan fingerprint density at radius 2 is 1.87 bits per heavy atom. The third-order valence-corrected chi connectivity index (χ3v) is 3.35. The molecule has 2 heteroatoms. The second-order valence-corrected chi connectivity index (χ2v) is 5.13. The van der Waals surface area contributed by atoms with Gasteiger partial charge in [0.25, 0.3) is 0 Å². The molecule has 0 atom stereocenters. The van der Waals surface area contributed by atoms with E-state index in [1.54, 1.807) is 6.08 Å². The van der Waals surface area contributed by atoms with Crippen LogP contribution in [0.15, 0.2) is 11.6 Å². The van der Waals surface area contributed by atoms with Crippen LogP contribution in [-0.2, 0) is 4.79 Å². The Kier molecular flexibility index (Phi) is 4.52. The summed E-state index contributed by atoms with van der Waals surface area (Å²) in [6.45, 7) is 4.59. The highest BCUT2D eigenvalue weighted by molar-refractivity contribution is 5.90. The van der Waals surface area contributed by atoms with Crippen LogP contribution in [-0.4, -0.2) is 12.3 Å². The zero-order valence-electron chi connectivity index (χ0n) is 10.0. The number of hydrogen-bond donors (Lipinski definition) is 1. The number of carbonyl (C=O) groups excluding carboxylic acids is 1. The Morgan fingerprint density at radius 1 is 1.27 bits per heavy atom. The molecule has 0 aromatic heterocycles. The van der Waals surface area contributed by atoms with Gasteiger partial charge in [-0.3, -0.25) is 4.79 Å². The van der Waals surface area contributed by atoms with E-state index in [9.17, 15) is 4.79 Å². The molecule has 0 heterocycles. The molecule has 1 saturated carbocycles. The SMILES string of the molecule is CC(C)=CC(=O)CC1(CN)CCCCC1. The van der Waals surface area contributed by atoms with Gasteiger partial charge in [0.2, 0.25) is 0 Å². The van der Waals surface area contributed by atoms with Crippen LogP contribution in [0.3, 0.4) is 0 Å². The van der Waals surface area contributed by atoms with Crippen molar-refractivity contribution in [1.82, 2.24) is 0 Å². The minimum absolute atomic E-state index is 0.112. The zero-order chi connectivity index (χ0) is 11.3. The first-order valence-electron chi connectivity index (χ1n) is 5.96. The maximum atomic E-state index is 11.8. The predicted molar refractivity (Wildman–Crippen MR) is 63.6 cm³/mol. The largest absolute Gasteiger partial charge is 0.330 e. The van der Waals surface area contributed by atoms with Gasteiger partial charge in [-0.05, 0) is 44.7 Å². The summed E-state index contributed by atoms with van der Waals surface area (Å²) >= 11 is 0. The lowest BCUT2D eigenvalue weighted by atomic mass is 9.71. The number of ketones is 1. The number of rotatable bonds is 4. The molecule has 0 saturated heterocycles. The normalized spacial score (nSPS) is 19.7. The van der Waals surface area contributed by atoms with Gasteiger partial charge in [0.15, 0.2) is 5.78 Å². The lowest BCUT2D eigenvalue weighted by molar-refractivity contribution is -0.117. The molecular formula is C13H23NO. The van der Waals surface area contributed by atoms with E-state index >= 15 is 0 Å². The zero-order valence-corrected chi connectivity index (χ0v) is 10.0. The predicted octanol–water partition coefficient (Wildman–Crippen LogP) is 2.82. The van der Waals surface area contributed by atoms with Gasteiger partial charge < -0.3 is 5.73 Å². The van der Waals surface area contributed by atoms with Gasteiger partial charge in [-0.2, -0.15) is 0 Å². The summed E-state index contributed by atoms with van der Waals surface area (Å²) in [4.78, 5) is 11.8. The lowest BCUT2D eigenvalue weighted by Gasteiger charge is -2.35. The molecule has 2 N–H and O–H groups in total. The summed E-state index contributed by atoms with van der Waals surface area (Å²) in [5, 5.41) is 0. The third kappa shape index (κ3) is 3.78. The average Bonchev–Trinajstić information content (AvgIpc) is 2.17. The quantitative estimate of drug-likeness (QED) is 0.723. The van der Waals surface area contributed by atoms with Crippen molar-refractivity contribution in [2.75, 3.05) is 6.54 Å². The Labute approximate surface area is 92.9 Å². The van der Waals surface area contributed by atoms with Crippen molar-refractivity contribution in [3.05, 3.63) is 11.6 Å². The van der Waals surface area contributed by atoms with E-state index in [0.717, 1.165) is 18.4 Å². The summed E-state index contributed by atoms with van der Waals surface area (Å²) < 4.78 is 0. The molecule has 0 amide bonds. The first kappa shape index (κ1) is 12.4. The maximum absolute atomic E-state index is 11.8. The van der Waals surface area contributed by atoms with Gasteiger partial charge in [-0.1, -0.05) is 24.8 Å². The lowest BCUT2D eigenvalue weighted by Crippen LogP contribution is -2.34. The van der Waals surface area contributed by atoms with Crippen molar-refractivity contribution in [1.29, 1.82) is 0 Å². The number of hydrogen-bond acceptors (Lipinski definition) is 2. The second kappa shape index (κ2) is 5.45. The molecule has 0 aromatic rings. The molecule has 1 fully saturated rings. The summed E-state index contributed by atoms with van der Waals surface area (Å²) in [6, 6.07) is 0. The van der Waals surface area contributed by atoms with E-state index < -0.39 is 0 Å². The van der Waals surface area contributed by atoms with Crippen molar-refractivity contribution in [3.63, 3.8) is 0 Å². The molecule has 0 spiro atoms. The molecule has 1 aliphatic rings. The van der Waals surface area contributed by atoms with Gasteiger partial charge in [0, 0.05) is 6.42 Å². The fourth-order valence-electron chi connectivity index (χ4n) is 2.50. The molecule has 2 nitrogen and oxygen atoms in total. The summed E-state index contributed by atoms with van der Waals surface area (Å²) in [5.74, 6) is 0.252. The fraction of sp³-hybridized carbons (Fsp3) is 0.769. The molecule has 86 valence electrons. The topological polar surface area (TPSA) is 43.1 Å². The van der Waals surface area contributed by atoms with Crippen molar-refractivity contribution in [2.24, 2.45) is 11.1 Å². The van der Waals surface area contributed by atoms with Crippen LogP contribution in [0.25, 0.3) is 0 Å². The van der Waals surface area contributed by atoms with E-state index in [2.05, 4.69) is 0 Å². The maximum Gasteiger partial charge on any atom is 0.156 e. The Balaban J connectivity index is 2.59. The van der Waals surface area contributed by atoms with Crippen LogP contribution in [0, 0.1) is 5.41 Å². The minimum atomic E-state index is 0.112. The Bertz CT molecular complexity index is 245. The van der Waals surface area contributed by atoms with Crippen LogP contribution < -0.4 is 5.73 Å². The smallest absolute Gasteiger partial charge is 0.156 e. The van der Waals surface area contributed by atoms with Gasteiger partial charge in [-0.15, -0.1) is 0 Å². The molecule has 1 aliphatic carbocycles. The van der Waals surface area contributed by atoms with Crippen LogP contribution in [0.2, 0.25) is 0 Å². The van der Waals surface area contributed by atoms with E-state index in [1.165, 1.54) is 19.3 Å². The van der Waals surface area contributed by atoms with E-state index in [4.69, 9.17) is 5.73 Å². The second-order valence-electron chi connectivity index (χ2n) is 5.13. The Morgan fingerprint density at radius 3 is 2.33 bits per heavy atom. The average molecular weight is 209 g/mol. The van der Waals surface area contributed by atoms with Crippen molar-refractivity contribution >= 4 is 5.78 Å². The highest BCUT2D eigenvalue weighted by Gasteiger charge is 2.32. The van der Waals surface area contributed by atoms with Crippen molar-refractivity contribution in [2.45, 2.75) is 52.4 Å². The summed E-state index contributed by atoms with van der Waals surface area (Å²) in [6.07, 6.45) is 8.44. The Hall–Kier alpha value is -0.630. The first-order valence-corrected chi connectivity index (χ1v) is 5.96. The van der Waals surface area contributed by atoms with E-state index in [1.807, 2.05) is 13.8 Å². The highest BCUT2D eigenvalue weighted by atomic mass is 16.1. The van der Waals surface area contributed by atoms with Gasteiger partial charge >= 0.3 is 0 Å². The monoisotopic (exact) mass is 209 g/mol. The molecular weight excluding hydrogens is 186 g/mol. The summed E-state index contributed by atoms with van der Waals surface area (Å²) in [7, 11) is 0. The molecule has 1 rings (SSSR count). The van der Waals surface area contributed by atoms with E-state index in [-0.39, 0.29) is 11.2 Å². The van der Waals surface area contributed by atoms with Crippen molar-refractivity contribution < 1.29 is 4.79 Å². The van der Waals surface area contributed by atoms with Crippen LogP contribution in [0.4, 0.5) is 0 Å². The number of nitrogens with two attached hydrogens (primary N) is 1. The molecule has 15 heavy (non-hydrogen) atoms. The van der Waals surface area contributed by atoms with Gasteiger partial charge in [0.1, 0.15) is 0 Å². The molecule has 0 bridgehead atoms. The standard InChI is InChI=1S/C13H23NO/c1-11(2)8-12(15)9-13(10-14)6-4-3-5-7-13/h8H,3-7,9-10,14H2,1-2H3. The van der Waals surface area contributed by atoms with Crippen molar-refractivity contribution in [3.8, 4) is 0 Å². The first-order chi connectivity index (χ1) is 7.08. The fourth-order valence-corrected chi connectivity index (χ4v) is 2.50. The summed E-state index contributed by atoms with van der Waals surface area (Å²) in [5.41, 5.74) is 7.04. The molecule has 0 unspecified atom stereocenters. The van der Waals surface area contributed by atoms with Gasteiger partial charge in [-0.25, -0.2) is 0 Å². The number of carbonyl (C=O) groups is 1. The van der Waals surface area contributed by atoms with Crippen LogP contribution in [0.5, 0.6) is 0 Å². The van der Waals surface area contributed by atoms with Crippen LogP contribution >= 0.6 is 0 Å². The van der Waals surface area contributed by atoms with Gasteiger partial charge in [0.05, 0.1) is 0 Å². The van der Waals surface area contributed by atoms with E-state index in [0.29, 0.717) is 13.0 Å².